The minimum Gasteiger partial charge on any atom is -0.349 e. The molecule has 1 rings (SSSR count). The van der Waals surface area contributed by atoms with Gasteiger partial charge in [-0.3, -0.25) is 4.79 Å². The summed E-state index contributed by atoms with van der Waals surface area (Å²) in [5, 5.41) is 3.49. The number of hydrogen-bond donors (Lipinski definition) is 1. The lowest BCUT2D eigenvalue weighted by atomic mass is 9.84. The summed E-state index contributed by atoms with van der Waals surface area (Å²) < 4.78 is 0. The second-order valence-electron chi connectivity index (χ2n) is 5.18. The molecule has 3 heteroatoms. The smallest absolute Gasteiger partial charge is 0.223 e. The fourth-order valence-corrected chi connectivity index (χ4v) is 2.43. The third kappa shape index (κ3) is 4.52. The third-order valence-electron chi connectivity index (χ3n) is 3.66. The molecule has 1 amide bonds. The zero-order valence-electron chi connectivity index (χ0n) is 11.0. The lowest BCUT2D eigenvalue weighted by molar-refractivity contribution is -0.128. The highest BCUT2D eigenvalue weighted by atomic mass is 16.2. The van der Waals surface area contributed by atoms with Crippen LogP contribution in [0, 0.1) is 5.92 Å². The van der Waals surface area contributed by atoms with Gasteiger partial charge in [-0.15, -0.1) is 0 Å². The molecule has 0 spiro atoms. The zero-order valence-corrected chi connectivity index (χ0v) is 11.0. The van der Waals surface area contributed by atoms with Gasteiger partial charge in [-0.25, -0.2) is 0 Å². The zero-order chi connectivity index (χ0) is 12.0. The van der Waals surface area contributed by atoms with Crippen molar-refractivity contribution in [2.24, 2.45) is 5.92 Å². The van der Waals surface area contributed by atoms with Gasteiger partial charge in [-0.05, 0) is 25.7 Å². The van der Waals surface area contributed by atoms with Gasteiger partial charge < -0.3 is 10.2 Å². The highest BCUT2D eigenvalue weighted by molar-refractivity contribution is 5.75. The van der Waals surface area contributed by atoms with Crippen LogP contribution in [0.25, 0.3) is 0 Å². The summed E-state index contributed by atoms with van der Waals surface area (Å²) in [7, 11) is 3.62. The summed E-state index contributed by atoms with van der Waals surface area (Å²) in [4.78, 5) is 13.0. The van der Waals surface area contributed by atoms with Gasteiger partial charge in [0.15, 0.2) is 0 Å². The Hall–Kier alpha value is -0.570. The number of carbonyl (C=O) groups excluding carboxylic acids is 1. The van der Waals surface area contributed by atoms with Crippen molar-refractivity contribution in [3.63, 3.8) is 0 Å². The minimum absolute atomic E-state index is 0.211. The van der Waals surface area contributed by atoms with E-state index in [-0.39, 0.29) is 5.91 Å². The first-order chi connectivity index (χ1) is 7.61. The van der Waals surface area contributed by atoms with Gasteiger partial charge in [0, 0.05) is 33.1 Å². The molecule has 0 radical (unpaired) electrons. The Morgan fingerprint density at radius 1 is 1.31 bits per heavy atom. The monoisotopic (exact) mass is 226 g/mol. The van der Waals surface area contributed by atoms with Crippen LogP contribution in [0.4, 0.5) is 0 Å². The lowest BCUT2D eigenvalue weighted by Gasteiger charge is -2.28. The van der Waals surface area contributed by atoms with Crippen LogP contribution in [0.2, 0.25) is 0 Å². The van der Waals surface area contributed by atoms with Gasteiger partial charge in [0.1, 0.15) is 0 Å². The number of nitrogens with one attached hydrogen (secondary N) is 1. The molecule has 1 unspecified atom stereocenters. The molecule has 0 aliphatic heterocycles. The topological polar surface area (TPSA) is 32.3 Å². The molecule has 0 aromatic heterocycles. The van der Waals surface area contributed by atoms with Gasteiger partial charge >= 0.3 is 0 Å². The Balaban J connectivity index is 2.14. The van der Waals surface area contributed by atoms with Crippen molar-refractivity contribution in [2.45, 2.75) is 51.5 Å². The number of rotatable bonds is 5. The van der Waals surface area contributed by atoms with E-state index in [2.05, 4.69) is 12.2 Å². The Kier molecular flexibility index (Phi) is 5.81. The van der Waals surface area contributed by atoms with Crippen LogP contribution in [-0.4, -0.2) is 37.5 Å². The lowest BCUT2D eigenvalue weighted by Crippen LogP contribution is -2.37. The molecule has 16 heavy (non-hydrogen) atoms. The number of hydrogen-bond acceptors (Lipinski definition) is 2. The molecule has 0 aromatic carbocycles. The summed E-state index contributed by atoms with van der Waals surface area (Å²) in [6, 6.07) is 0.565. The summed E-state index contributed by atoms with van der Waals surface area (Å²) in [5.74, 6) is 1.03. The minimum atomic E-state index is 0.211. The second kappa shape index (κ2) is 6.89. The maximum Gasteiger partial charge on any atom is 0.223 e. The molecule has 0 bridgehead atoms. The normalized spacial score (nSPS) is 19.4. The molecule has 1 atom stereocenters. The summed E-state index contributed by atoms with van der Waals surface area (Å²) >= 11 is 0. The van der Waals surface area contributed by atoms with E-state index >= 15 is 0 Å². The predicted molar refractivity (Wildman–Crippen MR) is 67.4 cm³/mol. The van der Waals surface area contributed by atoms with Crippen molar-refractivity contribution in [3.05, 3.63) is 0 Å². The van der Waals surface area contributed by atoms with E-state index in [0.29, 0.717) is 12.5 Å². The van der Waals surface area contributed by atoms with Crippen molar-refractivity contribution in [2.75, 3.05) is 20.6 Å². The van der Waals surface area contributed by atoms with Gasteiger partial charge in [-0.1, -0.05) is 19.3 Å². The first kappa shape index (κ1) is 13.5. The van der Waals surface area contributed by atoms with E-state index in [1.807, 2.05) is 14.1 Å². The highest BCUT2D eigenvalue weighted by Crippen LogP contribution is 2.26. The number of amides is 1. The molecule has 1 saturated carbocycles. The van der Waals surface area contributed by atoms with Crippen molar-refractivity contribution in [3.8, 4) is 0 Å². The Morgan fingerprint density at radius 2 is 1.94 bits per heavy atom. The Bertz CT molecular complexity index is 210. The predicted octanol–water partition coefficient (Wildman–Crippen LogP) is 2.02. The molecule has 1 N–H and O–H groups in total. The molecular formula is C13H26N2O. The van der Waals surface area contributed by atoms with E-state index < -0.39 is 0 Å². The van der Waals surface area contributed by atoms with Crippen LogP contribution >= 0.6 is 0 Å². The molecule has 1 aliphatic rings. The maximum atomic E-state index is 11.4. The average molecular weight is 226 g/mol. The van der Waals surface area contributed by atoms with Crippen LogP contribution in [0.5, 0.6) is 0 Å². The maximum absolute atomic E-state index is 11.4. The van der Waals surface area contributed by atoms with Gasteiger partial charge in [0.05, 0.1) is 0 Å². The molecule has 0 heterocycles. The molecule has 0 saturated heterocycles. The first-order valence-corrected chi connectivity index (χ1v) is 6.55. The average Bonchev–Trinajstić information content (AvgIpc) is 2.29. The van der Waals surface area contributed by atoms with Crippen LogP contribution in [0.15, 0.2) is 0 Å². The first-order valence-electron chi connectivity index (χ1n) is 6.55. The van der Waals surface area contributed by atoms with Gasteiger partial charge in [-0.2, -0.15) is 0 Å². The van der Waals surface area contributed by atoms with Crippen molar-refractivity contribution in [1.82, 2.24) is 10.2 Å². The van der Waals surface area contributed by atoms with Gasteiger partial charge in [0.25, 0.3) is 0 Å². The molecule has 0 aromatic rings. The van der Waals surface area contributed by atoms with Crippen LogP contribution in [0.3, 0.4) is 0 Å². The van der Waals surface area contributed by atoms with Gasteiger partial charge in [0.2, 0.25) is 5.91 Å². The fourth-order valence-electron chi connectivity index (χ4n) is 2.43. The van der Waals surface area contributed by atoms with Crippen molar-refractivity contribution < 1.29 is 4.79 Å². The second-order valence-corrected chi connectivity index (χ2v) is 5.18. The van der Waals surface area contributed by atoms with E-state index in [0.717, 1.165) is 12.5 Å². The van der Waals surface area contributed by atoms with E-state index in [1.165, 1.54) is 32.1 Å². The van der Waals surface area contributed by atoms with Crippen molar-refractivity contribution >= 4 is 5.91 Å². The largest absolute Gasteiger partial charge is 0.349 e. The Labute approximate surface area is 99.6 Å². The molecular weight excluding hydrogens is 200 g/mol. The number of nitrogens with zero attached hydrogens (tertiary/aromatic N) is 1. The molecule has 3 nitrogen and oxygen atoms in total. The molecule has 94 valence electrons. The van der Waals surface area contributed by atoms with E-state index in [4.69, 9.17) is 0 Å². The fraction of sp³-hybridized carbons (Fsp3) is 0.923. The van der Waals surface area contributed by atoms with E-state index in [1.54, 1.807) is 4.90 Å². The summed E-state index contributed by atoms with van der Waals surface area (Å²) in [5.41, 5.74) is 0. The third-order valence-corrected chi connectivity index (χ3v) is 3.66. The quantitative estimate of drug-likeness (QED) is 0.778. The van der Waals surface area contributed by atoms with Crippen molar-refractivity contribution in [1.29, 1.82) is 0 Å². The SMILES string of the molecule is CC(NCCC(=O)N(C)C)C1CCCCC1. The Morgan fingerprint density at radius 3 is 2.50 bits per heavy atom. The van der Waals surface area contributed by atoms with E-state index in [9.17, 15) is 4.79 Å². The van der Waals surface area contributed by atoms with Crippen LogP contribution < -0.4 is 5.32 Å². The highest BCUT2D eigenvalue weighted by Gasteiger charge is 2.19. The summed E-state index contributed by atoms with van der Waals surface area (Å²) in [6.45, 7) is 3.07. The standard InChI is InChI=1S/C13H26N2O/c1-11(12-7-5-4-6-8-12)14-10-9-13(16)15(2)3/h11-12,14H,4-10H2,1-3H3. The van der Waals surface area contributed by atoms with Crippen LogP contribution in [0.1, 0.15) is 45.4 Å². The van der Waals surface area contributed by atoms with Crippen LogP contribution in [-0.2, 0) is 4.79 Å². The summed E-state index contributed by atoms with van der Waals surface area (Å²) in [6.07, 6.45) is 7.50. The number of carbonyl (C=O) groups is 1. The molecule has 1 fully saturated rings. The molecule has 1 aliphatic carbocycles.